The van der Waals surface area contributed by atoms with Gasteiger partial charge in [0.05, 0.1) is 0 Å². The van der Waals surface area contributed by atoms with Crippen LogP contribution in [0, 0.1) is 13.8 Å². The van der Waals surface area contributed by atoms with Gasteiger partial charge in [-0.2, -0.15) is 0 Å². The Balaban J connectivity index is 1.68. The molecule has 0 aliphatic carbocycles. The first-order valence-electron chi connectivity index (χ1n) is 7.35. The van der Waals surface area contributed by atoms with Gasteiger partial charge < -0.3 is 15.2 Å². The Bertz CT molecular complexity index is 652. The van der Waals surface area contributed by atoms with Crippen LogP contribution in [0.1, 0.15) is 34.7 Å². The summed E-state index contributed by atoms with van der Waals surface area (Å²) >= 11 is 0. The molecule has 1 unspecified atom stereocenters. The van der Waals surface area contributed by atoms with Gasteiger partial charge in [-0.1, -0.05) is 29.8 Å². The smallest absolute Gasteiger partial charge is 0.231 e. The van der Waals surface area contributed by atoms with Gasteiger partial charge in [0.1, 0.15) is 0 Å². The van der Waals surface area contributed by atoms with Gasteiger partial charge in [0, 0.05) is 6.04 Å². The van der Waals surface area contributed by atoms with Crippen LogP contribution in [0.4, 0.5) is 0 Å². The molecule has 0 aromatic heterocycles. The second-order valence-electron chi connectivity index (χ2n) is 5.69. The lowest BCUT2D eigenvalue weighted by atomic mass is 9.95. The third-order valence-corrected chi connectivity index (χ3v) is 4.02. The van der Waals surface area contributed by atoms with E-state index in [1.807, 2.05) is 6.07 Å². The Hall–Kier alpha value is -2.00. The van der Waals surface area contributed by atoms with Gasteiger partial charge in [-0.25, -0.2) is 0 Å². The van der Waals surface area contributed by atoms with Crippen LogP contribution >= 0.6 is 0 Å². The van der Waals surface area contributed by atoms with Crippen LogP contribution in [0.15, 0.2) is 36.4 Å². The summed E-state index contributed by atoms with van der Waals surface area (Å²) in [4.78, 5) is 0. The molecule has 0 saturated heterocycles. The van der Waals surface area contributed by atoms with Gasteiger partial charge in [-0.15, -0.1) is 0 Å². The minimum atomic E-state index is 0.0651. The summed E-state index contributed by atoms with van der Waals surface area (Å²) in [6.45, 7) is 4.55. The number of hydrogen-bond acceptors (Lipinski definition) is 3. The highest BCUT2D eigenvalue weighted by Gasteiger charge is 2.14. The highest BCUT2D eigenvalue weighted by atomic mass is 16.7. The van der Waals surface area contributed by atoms with Crippen LogP contribution in [0.25, 0.3) is 0 Å². The van der Waals surface area contributed by atoms with Crippen molar-refractivity contribution in [1.82, 2.24) is 0 Å². The number of nitrogens with two attached hydrogens (primary N) is 1. The first-order valence-corrected chi connectivity index (χ1v) is 7.35. The quantitative estimate of drug-likeness (QED) is 0.931. The van der Waals surface area contributed by atoms with Crippen LogP contribution in [0.2, 0.25) is 0 Å². The molecule has 1 aliphatic rings. The third kappa shape index (κ3) is 3.03. The van der Waals surface area contributed by atoms with Crippen molar-refractivity contribution in [2.24, 2.45) is 5.73 Å². The standard InChI is InChI=1S/C18H21NO2/c1-12-3-4-13(2)15(9-12)16(19)7-5-14-6-8-17-18(10-14)21-11-20-17/h3-4,6,8-10,16H,5,7,11,19H2,1-2H3. The van der Waals surface area contributed by atoms with Crippen molar-refractivity contribution < 1.29 is 9.47 Å². The average molecular weight is 283 g/mol. The Morgan fingerprint density at radius 3 is 2.71 bits per heavy atom. The molecule has 0 bridgehead atoms. The van der Waals surface area contributed by atoms with E-state index in [0.29, 0.717) is 6.79 Å². The van der Waals surface area contributed by atoms with Gasteiger partial charge in [-0.3, -0.25) is 0 Å². The Kier molecular flexibility index (Phi) is 3.84. The monoisotopic (exact) mass is 283 g/mol. The van der Waals surface area contributed by atoms with Crippen LogP contribution in [-0.2, 0) is 6.42 Å². The summed E-state index contributed by atoms with van der Waals surface area (Å²) in [5.74, 6) is 1.67. The van der Waals surface area contributed by atoms with E-state index in [0.717, 1.165) is 24.3 Å². The first-order chi connectivity index (χ1) is 10.1. The maximum absolute atomic E-state index is 6.37. The summed E-state index contributed by atoms with van der Waals surface area (Å²) in [7, 11) is 0. The Labute approximate surface area is 125 Å². The second kappa shape index (κ2) is 5.78. The minimum Gasteiger partial charge on any atom is -0.454 e. The van der Waals surface area contributed by atoms with Crippen molar-refractivity contribution in [3.63, 3.8) is 0 Å². The molecular weight excluding hydrogens is 262 g/mol. The summed E-state index contributed by atoms with van der Waals surface area (Å²) in [5, 5.41) is 0. The average Bonchev–Trinajstić information content (AvgIpc) is 2.94. The molecule has 21 heavy (non-hydrogen) atoms. The second-order valence-corrected chi connectivity index (χ2v) is 5.69. The minimum absolute atomic E-state index is 0.0651. The third-order valence-electron chi connectivity index (χ3n) is 4.02. The number of ether oxygens (including phenoxy) is 2. The van der Waals surface area contributed by atoms with Crippen LogP contribution < -0.4 is 15.2 Å². The molecular formula is C18H21NO2. The molecule has 0 spiro atoms. The van der Waals surface area contributed by atoms with E-state index in [4.69, 9.17) is 15.2 Å². The van der Waals surface area contributed by atoms with Gasteiger partial charge in [-0.05, 0) is 55.5 Å². The fourth-order valence-corrected chi connectivity index (χ4v) is 2.73. The number of fused-ring (bicyclic) bond motifs is 1. The molecule has 2 N–H and O–H groups in total. The Morgan fingerprint density at radius 2 is 1.86 bits per heavy atom. The predicted octanol–water partition coefficient (Wildman–Crippen LogP) is 3.66. The number of aryl methyl sites for hydroxylation is 3. The molecule has 3 nitrogen and oxygen atoms in total. The highest BCUT2D eigenvalue weighted by Crippen LogP contribution is 2.33. The van der Waals surface area contributed by atoms with Crippen molar-refractivity contribution in [2.75, 3.05) is 6.79 Å². The zero-order valence-electron chi connectivity index (χ0n) is 12.6. The van der Waals surface area contributed by atoms with E-state index in [2.05, 4.69) is 44.2 Å². The fourth-order valence-electron chi connectivity index (χ4n) is 2.73. The van der Waals surface area contributed by atoms with E-state index in [1.165, 1.54) is 22.3 Å². The van der Waals surface area contributed by atoms with Crippen molar-refractivity contribution in [2.45, 2.75) is 32.7 Å². The number of rotatable bonds is 4. The van der Waals surface area contributed by atoms with E-state index in [9.17, 15) is 0 Å². The number of benzene rings is 2. The molecule has 3 rings (SSSR count). The Morgan fingerprint density at radius 1 is 1.05 bits per heavy atom. The van der Waals surface area contributed by atoms with E-state index < -0.39 is 0 Å². The first kappa shape index (κ1) is 14.0. The molecule has 110 valence electrons. The molecule has 3 heteroatoms. The summed E-state index contributed by atoms with van der Waals surface area (Å²) in [6, 6.07) is 12.6. The molecule has 1 atom stereocenters. The van der Waals surface area contributed by atoms with Gasteiger partial charge >= 0.3 is 0 Å². The lowest BCUT2D eigenvalue weighted by Gasteiger charge is -2.15. The zero-order chi connectivity index (χ0) is 14.8. The summed E-state index contributed by atoms with van der Waals surface area (Å²) < 4.78 is 10.7. The topological polar surface area (TPSA) is 44.5 Å². The van der Waals surface area contributed by atoms with Gasteiger partial charge in [0.25, 0.3) is 0 Å². The SMILES string of the molecule is Cc1ccc(C)c(C(N)CCc2ccc3c(c2)OCO3)c1. The molecule has 2 aromatic rings. The summed E-state index contributed by atoms with van der Waals surface area (Å²) in [5.41, 5.74) is 11.4. The normalized spacial score (nSPS) is 14.2. The molecule has 2 aromatic carbocycles. The molecule has 0 saturated carbocycles. The van der Waals surface area contributed by atoms with E-state index >= 15 is 0 Å². The maximum atomic E-state index is 6.37. The lowest BCUT2D eigenvalue weighted by Crippen LogP contribution is -2.13. The van der Waals surface area contributed by atoms with Crippen molar-refractivity contribution in [3.8, 4) is 11.5 Å². The maximum Gasteiger partial charge on any atom is 0.231 e. The fraction of sp³-hybridized carbons (Fsp3) is 0.333. The summed E-state index contributed by atoms with van der Waals surface area (Å²) in [6.07, 6.45) is 1.86. The van der Waals surface area contributed by atoms with Crippen molar-refractivity contribution in [1.29, 1.82) is 0 Å². The van der Waals surface area contributed by atoms with Crippen LogP contribution in [0.5, 0.6) is 11.5 Å². The predicted molar refractivity (Wildman–Crippen MR) is 83.7 cm³/mol. The molecule has 1 aliphatic heterocycles. The van der Waals surface area contributed by atoms with Crippen LogP contribution in [0.3, 0.4) is 0 Å². The highest BCUT2D eigenvalue weighted by molar-refractivity contribution is 5.44. The largest absolute Gasteiger partial charge is 0.454 e. The van der Waals surface area contributed by atoms with E-state index in [-0.39, 0.29) is 6.04 Å². The molecule has 0 radical (unpaired) electrons. The van der Waals surface area contributed by atoms with Crippen molar-refractivity contribution >= 4 is 0 Å². The van der Waals surface area contributed by atoms with E-state index in [1.54, 1.807) is 0 Å². The van der Waals surface area contributed by atoms with Crippen molar-refractivity contribution in [3.05, 3.63) is 58.7 Å². The molecule has 1 heterocycles. The van der Waals surface area contributed by atoms with Gasteiger partial charge in [0.2, 0.25) is 6.79 Å². The molecule has 0 fully saturated rings. The zero-order valence-corrected chi connectivity index (χ0v) is 12.6. The number of hydrogen-bond donors (Lipinski definition) is 1. The van der Waals surface area contributed by atoms with Gasteiger partial charge in [0.15, 0.2) is 11.5 Å². The lowest BCUT2D eigenvalue weighted by molar-refractivity contribution is 0.174. The van der Waals surface area contributed by atoms with Crippen LogP contribution in [-0.4, -0.2) is 6.79 Å². The molecule has 0 amide bonds.